The largest absolute Gasteiger partial charge is 1.00 e. The number of nitrogens with one attached hydrogen (secondary N) is 2. The Labute approximate surface area is 363 Å². The Hall–Kier alpha value is 0.0549. The van der Waals surface area contributed by atoms with Crippen LogP contribution in [0.4, 0.5) is 0 Å². The Morgan fingerprint density at radius 1 is 0.792 bits per heavy atom. The van der Waals surface area contributed by atoms with Crippen molar-refractivity contribution in [2.24, 2.45) is 23.5 Å². The fourth-order valence-electron chi connectivity index (χ4n) is 7.06. The summed E-state index contributed by atoms with van der Waals surface area (Å²) in [6, 6.07) is 0. The maximum absolute atomic E-state index is 11.1. The Kier molecular flexibility index (Phi) is 34.0. The number of alkyl halides is 2. The molecule has 0 bridgehead atoms. The van der Waals surface area contributed by atoms with Crippen molar-refractivity contribution in [3.63, 3.8) is 0 Å². The van der Waals surface area contributed by atoms with Crippen molar-refractivity contribution in [2.45, 2.75) is 186 Å². The maximum Gasteiger partial charge on any atom is 1.00 e. The number of hydrogen-bond acceptors (Lipinski definition) is 8. The van der Waals surface area contributed by atoms with Gasteiger partial charge >= 0.3 is 29.6 Å². The van der Waals surface area contributed by atoms with Gasteiger partial charge in [-0.2, -0.15) is 0 Å². The number of nitrogens with two attached hydrogens (primary N) is 1. The fraction of sp³-hybridized carbons (Fsp3) is 0.895. The van der Waals surface area contributed by atoms with Crippen LogP contribution in [0.25, 0.3) is 0 Å². The normalized spacial score (nSPS) is 22.1. The predicted octanol–water partition coefficient (Wildman–Crippen LogP) is 3.72. The topological polar surface area (TPSA) is 168 Å². The summed E-state index contributed by atoms with van der Waals surface area (Å²) in [5.41, 5.74) is 5.54. The second-order valence-corrected chi connectivity index (χ2v) is 17.1. The number of carbonyl (C=O) groups excluding carboxylic acids is 4. The van der Waals surface area contributed by atoms with Gasteiger partial charge in [-0.3, -0.25) is 19.2 Å². The molecule has 0 aromatic heterocycles. The van der Waals surface area contributed by atoms with Gasteiger partial charge in [-0.1, -0.05) is 0 Å². The van der Waals surface area contributed by atoms with E-state index in [2.05, 4.69) is 24.5 Å². The molecule has 1 heterocycles. The van der Waals surface area contributed by atoms with E-state index in [4.69, 9.17) is 38.8 Å². The summed E-state index contributed by atoms with van der Waals surface area (Å²) in [6.07, 6.45) is 12.5. The number of halogens is 3. The Morgan fingerprint density at radius 3 is 1.40 bits per heavy atom. The van der Waals surface area contributed by atoms with Gasteiger partial charge in [0, 0.05) is 77.8 Å². The van der Waals surface area contributed by atoms with Crippen LogP contribution in [0.5, 0.6) is 0 Å². The molecule has 6 N–H and O–H groups in total. The number of aliphatic hydroxyl groups excluding tert-OH is 2. The molecule has 4 rings (SSSR count). The molecule has 3 aliphatic carbocycles. The van der Waals surface area contributed by atoms with E-state index in [1.807, 2.05) is 27.7 Å². The summed E-state index contributed by atoms with van der Waals surface area (Å²) in [6.45, 7) is 18.1. The molecule has 2 amide bonds. The molecule has 53 heavy (non-hydrogen) atoms. The number of carbonyl (C=O) groups is 4. The average molecular weight is 824 g/mol. The Balaban J connectivity index is -0.000000191. The number of ether oxygens (including phenoxy) is 1. The third-order valence-electron chi connectivity index (χ3n) is 10.1. The molecule has 1 atom stereocenters. The standard InChI is InChI=1S/C11H21NO2.C11H19NO2.C9H17NO.C5H8Cl2O.C2H6O.B.ClH.Na.H/c2*1-8(13)12-11(2,3)9-4-6-10(14)7-5-9;1-9(2,10)7-3-5-8(11)6-4-7;6-5(7)4-2-1-3-8-4;1-2-3;;;;/h9-10,14H,4-7H2,1-3H3,(H,12,13);9H,4-7H2,1-3H3,(H,12,13);7H,3-6,10H2,1-2H3;4-5H,1-3H2;3H,2H2,1H3;;1H;;/q;;;;;;;+1;-1. The van der Waals surface area contributed by atoms with Crippen LogP contribution >= 0.6 is 35.6 Å². The summed E-state index contributed by atoms with van der Waals surface area (Å²) < 4.78 is 5.15. The zero-order valence-electron chi connectivity index (χ0n) is 35.5. The van der Waals surface area contributed by atoms with Crippen LogP contribution in [0, 0.1) is 17.8 Å². The number of Topliss-reactive ketones (excluding diaryl/α,β-unsaturated/α-hetero) is 2. The van der Waals surface area contributed by atoms with Crippen molar-refractivity contribution in [3.8, 4) is 0 Å². The van der Waals surface area contributed by atoms with Gasteiger partial charge in [0.05, 0.1) is 12.2 Å². The number of aliphatic hydroxyl groups is 2. The minimum absolute atomic E-state index is 0. The van der Waals surface area contributed by atoms with E-state index in [1.54, 1.807) is 13.8 Å². The van der Waals surface area contributed by atoms with Gasteiger partial charge < -0.3 is 32.7 Å². The summed E-state index contributed by atoms with van der Waals surface area (Å²) in [7, 11) is 0. The van der Waals surface area contributed by atoms with Gasteiger partial charge in [0.25, 0.3) is 0 Å². The van der Waals surface area contributed by atoms with Crippen LogP contribution in [-0.2, 0) is 23.9 Å². The summed E-state index contributed by atoms with van der Waals surface area (Å²) in [4.78, 5) is 43.6. The molecule has 0 aromatic carbocycles. The first-order valence-electron chi connectivity index (χ1n) is 18.6. The maximum atomic E-state index is 11.1. The van der Waals surface area contributed by atoms with Crippen LogP contribution in [0.2, 0.25) is 0 Å². The van der Waals surface area contributed by atoms with E-state index in [1.165, 1.54) is 6.92 Å². The minimum Gasteiger partial charge on any atom is -1.00 e. The first kappa shape index (κ1) is 59.7. The molecule has 307 valence electrons. The molecule has 3 saturated carbocycles. The molecule has 1 aliphatic heterocycles. The minimum atomic E-state index is -0.336. The van der Waals surface area contributed by atoms with Crippen LogP contribution in [0.15, 0.2) is 0 Å². The monoisotopic (exact) mass is 822 g/mol. The quantitative estimate of drug-likeness (QED) is 0.200. The zero-order valence-corrected chi connectivity index (χ0v) is 38.9. The molecule has 1 saturated heterocycles. The van der Waals surface area contributed by atoms with Crippen LogP contribution in [0.1, 0.15) is 154 Å². The fourth-order valence-corrected chi connectivity index (χ4v) is 7.45. The van der Waals surface area contributed by atoms with E-state index in [-0.39, 0.29) is 104 Å². The third-order valence-corrected chi connectivity index (χ3v) is 10.7. The Morgan fingerprint density at radius 2 is 1.13 bits per heavy atom. The van der Waals surface area contributed by atoms with E-state index in [0.29, 0.717) is 42.2 Å². The van der Waals surface area contributed by atoms with Crippen molar-refractivity contribution in [3.05, 3.63) is 0 Å². The average Bonchev–Trinajstić information content (AvgIpc) is 3.54. The smallest absolute Gasteiger partial charge is 1.00 e. The third kappa shape index (κ3) is 27.4. The van der Waals surface area contributed by atoms with Gasteiger partial charge in [-0.25, -0.2) is 0 Å². The predicted molar refractivity (Wildman–Crippen MR) is 217 cm³/mol. The molecule has 0 aromatic rings. The first-order valence-corrected chi connectivity index (χ1v) is 19.5. The van der Waals surface area contributed by atoms with Crippen LogP contribution in [0.3, 0.4) is 0 Å². The van der Waals surface area contributed by atoms with Crippen molar-refractivity contribution in [1.82, 2.24) is 10.6 Å². The van der Waals surface area contributed by atoms with Gasteiger partial charge in [-0.15, -0.1) is 35.6 Å². The van der Waals surface area contributed by atoms with E-state index >= 15 is 0 Å². The number of hydrogen-bond donors (Lipinski definition) is 5. The number of rotatable bonds is 6. The van der Waals surface area contributed by atoms with Crippen molar-refractivity contribution in [2.75, 3.05) is 13.2 Å². The summed E-state index contributed by atoms with van der Waals surface area (Å²) in [5, 5.41) is 22.9. The summed E-state index contributed by atoms with van der Waals surface area (Å²) >= 11 is 11.0. The van der Waals surface area contributed by atoms with Gasteiger partial charge in [-0.05, 0) is 130 Å². The second kappa shape index (κ2) is 30.2. The van der Waals surface area contributed by atoms with Gasteiger partial charge in [0.1, 0.15) is 16.4 Å². The van der Waals surface area contributed by atoms with E-state index in [0.717, 1.165) is 83.7 Å². The van der Waals surface area contributed by atoms with Crippen molar-refractivity contribution >= 4 is 67.4 Å². The van der Waals surface area contributed by atoms with E-state index < -0.39 is 0 Å². The summed E-state index contributed by atoms with van der Waals surface area (Å²) in [5.74, 6) is 2.28. The van der Waals surface area contributed by atoms with Crippen LogP contribution < -0.4 is 45.9 Å². The molecular formula is C38H73BCl3N3NaO7. The zero-order chi connectivity index (χ0) is 38.7. The molecule has 4 fully saturated rings. The SMILES string of the molecule is CC(=O)NC(C)(C)C1CCC(=O)CC1.CC(=O)NC(C)(C)C1CCC(O)CC1.CC(C)(N)C1CCC(=O)CC1.CCO.Cl.ClC(Cl)C1CCCO1.[B].[H-].[Na+]. The van der Waals surface area contributed by atoms with Crippen molar-refractivity contribution < 1.29 is 65.1 Å². The van der Waals surface area contributed by atoms with Crippen LogP contribution in [-0.4, -0.2) is 88.9 Å². The first-order chi connectivity index (χ1) is 23.0. The number of ketones is 2. The van der Waals surface area contributed by atoms with Gasteiger partial charge in [0.15, 0.2) is 0 Å². The Bertz CT molecular complexity index is 1010. The molecular weight excluding hydrogens is 751 g/mol. The molecule has 15 heteroatoms. The van der Waals surface area contributed by atoms with E-state index in [9.17, 15) is 24.3 Å². The molecule has 10 nitrogen and oxygen atoms in total. The number of amides is 2. The van der Waals surface area contributed by atoms with Gasteiger partial charge in [0.2, 0.25) is 11.8 Å². The second-order valence-electron chi connectivity index (χ2n) is 16.0. The van der Waals surface area contributed by atoms with Crippen molar-refractivity contribution in [1.29, 1.82) is 0 Å². The molecule has 0 spiro atoms. The molecule has 4 aliphatic rings. The molecule has 1 unspecified atom stereocenters. The molecule has 3 radical (unpaired) electrons.